The first-order chi connectivity index (χ1) is 7.45. The Kier molecular flexibility index (Phi) is 2.92. The van der Waals surface area contributed by atoms with Crippen molar-refractivity contribution >= 4 is 0 Å². The van der Waals surface area contributed by atoms with Crippen LogP contribution in [0.25, 0.3) is 0 Å². The number of rotatable bonds is 2. The molecular formula is C14H19FO. The van der Waals surface area contributed by atoms with Gasteiger partial charge >= 0.3 is 0 Å². The highest BCUT2D eigenvalue weighted by molar-refractivity contribution is 5.23. The van der Waals surface area contributed by atoms with Gasteiger partial charge in [-0.15, -0.1) is 0 Å². The van der Waals surface area contributed by atoms with E-state index in [2.05, 4.69) is 20.8 Å². The molecule has 1 aliphatic carbocycles. The van der Waals surface area contributed by atoms with Gasteiger partial charge in [-0.25, -0.2) is 4.39 Å². The molecule has 0 unspecified atom stereocenters. The lowest BCUT2D eigenvalue weighted by atomic mass is 9.67. The first-order valence-electron chi connectivity index (χ1n) is 5.87. The maximum absolute atomic E-state index is 12.9. The van der Waals surface area contributed by atoms with E-state index in [0.717, 1.165) is 18.8 Å². The van der Waals surface area contributed by atoms with Crippen LogP contribution in [0.4, 0.5) is 4.39 Å². The van der Waals surface area contributed by atoms with Gasteiger partial charge in [0.1, 0.15) is 11.6 Å². The molecule has 0 saturated heterocycles. The Morgan fingerprint density at radius 3 is 2.50 bits per heavy atom. The van der Waals surface area contributed by atoms with E-state index in [9.17, 15) is 4.39 Å². The smallest absolute Gasteiger partial charge is 0.126 e. The van der Waals surface area contributed by atoms with E-state index in [1.807, 2.05) is 6.07 Å². The van der Waals surface area contributed by atoms with E-state index < -0.39 is 0 Å². The molecule has 0 spiro atoms. The molecule has 0 amide bonds. The number of halogens is 1. The molecular weight excluding hydrogens is 203 g/mol. The summed E-state index contributed by atoms with van der Waals surface area (Å²) in [5.74, 6) is 1.15. The molecule has 2 rings (SSSR count). The fraction of sp³-hybridized carbons (Fsp3) is 0.571. The summed E-state index contributed by atoms with van der Waals surface area (Å²) in [6.07, 6.45) is 2.44. The molecule has 1 nitrogen and oxygen atoms in total. The van der Waals surface area contributed by atoms with Crippen LogP contribution in [0, 0.1) is 17.2 Å². The van der Waals surface area contributed by atoms with Crippen molar-refractivity contribution in [3.8, 4) is 5.75 Å². The van der Waals surface area contributed by atoms with Crippen LogP contribution >= 0.6 is 0 Å². The van der Waals surface area contributed by atoms with Crippen LogP contribution in [0.2, 0.25) is 0 Å². The fourth-order valence-corrected chi connectivity index (χ4v) is 2.10. The molecule has 1 aromatic rings. The average Bonchev–Trinajstić information content (AvgIpc) is 2.08. The van der Waals surface area contributed by atoms with Crippen molar-refractivity contribution in [2.45, 2.75) is 39.7 Å². The molecule has 0 N–H and O–H groups in total. The predicted molar refractivity (Wildman–Crippen MR) is 63.0 cm³/mol. The molecule has 1 fully saturated rings. The topological polar surface area (TPSA) is 9.23 Å². The van der Waals surface area contributed by atoms with Gasteiger partial charge in [0, 0.05) is 6.07 Å². The van der Waals surface area contributed by atoms with Crippen molar-refractivity contribution in [2.24, 2.45) is 11.3 Å². The van der Waals surface area contributed by atoms with E-state index >= 15 is 0 Å². The third-order valence-electron chi connectivity index (χ3n) is 3.42. The second kappa shape index (κ2) is 4.08. The maximum Gasteiger partial charge on any atom is 0.126 e. The zero-order valence-electron chi connectivity index (χ0n) is 10.2. The minimum atomic E-state index is -0.232. The Morgan fingerprint density at radius 2 is 1.94 bits per heavy atom. The van der Waals surface area contributed by atoms with Crippen LogP contribution in [0.5, 0.6) is 5.75 Å². The normalized spacial score (nSPS) is 25.0. The standard InChI is InChI=1S/C14H19FO/c1-14(2,3)10-7-13(8-10)16-12-6-4-5-11(15)9-12/h4-6,9-10,13H,7-8H2,1-3H3. The molecule has 0 bridgehead atoms. The zero-order chi connectivity index (χ0) is 11.8. The number of benzene rings is 1. The van der Waals surface area contributed by atoms with Crippen LogP contribution < -0.4 is 4.74 Å². The van der Waals surface area contributed by atoms with E-state index in [4.69, 9.17) is 4.74 Å². The maximum atomic E-state index is 12.9. The second-order valence-electron chi connectivity index (χ2n) is 5.73. The molecule has 1 aliphatic rings. The Labute approximate surface area is 96.6 Å². The first kappa shape index (κ1) is 11.4. The van der Waals surface area contributed by atoms with Gasteiger partial charge in [-0.2, -0.15) is 0 Å². The zero-order valence-corrected chi connectivity index (χ0v) is 10.2. The molecule has 0 aliphatic heterocycles. The van der Waals surface area contributed by atoms with Gasteiger partial charge in [-0.05, 0) is 36.3 Å². The second-order valence-corrected chi connectivity index (χ2v) is 5.73. The third-order valence-corrected chi connectivity index (χ3v) is 3.42. The van der Waals surface area contributed by atoms with E-state index in [-0.39, 0.29) is 11.9 Å². The number of ether oxygens (including phenoxy) is 1. The van der Waals surface area contributed by atoms with Gasteiger partial charge in [0.15, 0.2) is 0 Å². The summed E-state index contributed by atoms with van der Waals surface area (Å²) in [4.78, 5) is 0. The van der Waals surface area contributed by atoms with Crippen LogP contribution in [-0.2, 0) is 0 Å². The van der Waals surface area contributed by atoms with Crippen LogP contribution in [0.1, 0.15) is 33.6 Å². The number of hydrogen-bond acceptors (Lipinski definition) is 1. The van der Waals surface area contributed by atoms with Crippen molar-refractivity contribution in [1.29, 1.82) is 0 Å². The van der Waals surface area contributed by atoms with Crippen molar-refractivity contribution in [3.63, 3.8) is 0 Å². The number of hydrogen-bond donors (Lipinski definition) is 0. The Morgan fingerprint density at radius 1 is 1.25 bits per heavy atom. The summed E-state index contributed by atoms with van der Waals surface area (Å²) in [5.41, 5.74) is 0.363. The van der Waals surface area contributed by atoms with E-state index in [1.54, 1.807) is 6.07 Å². The van der Waals surface area contributed by atoms with Crippen molar-refractivity contribution in [1.82, 2.24) is 0 Å². The monoisotopic (exact) mass is 222 g/mol. The van der Waals surface area contributed by atoms with Gasteiger partial charge in [-0.3, -0.25) is 0 Å². The van der Waals surface area contributed by atoms with Crippen LogP contribution in [-0.4, -0.2) is 6.10 Å². The molecule has 0 heterocycles. The highest BCUT2D eigenvalue weighted by Gasteiger charge is 2.38. The van der Waals surface area contributed by atoms with Gasteiger partial charge < -0.3 is 4.74 Å². The summed E-state index contributed by atoms with van der Waals surface area (Å²) in [6.45, 7) is 6.78. The Balaban J connectivity index is 1.86. The molecule has 0 aromatic heterocycles. The highest BCUT2D eigenvalue weighted by atomic mass is 19.1. The van der Waals surface area contributed by atoms with Crippen molar-refractivity contribution in [3.05, 3.63) is 30.1 Å². The summed E-state index contributed by atoms with van der Waals surface area (Å²) in [5, 5.41) is 0. The Bertz CT molecular complexity index is 361. The lowest BCUT2D eigenvalue weighted by Crippen LogP contribution is -2.40. The molecule has 16 heavy (non-hydrogen) atoms. The summed E-state index contributed by atoms with van der Waals surface area (Å²) in [6, 6.07) is 6.38. The van der Waals surface area contributed by atoms with Crippen LogP contribution in [0.3, 0.4) is 0 Å². The fourth-order valence-electron chi connectivity index (χ4n) is 2.10. The quantitative estimate of drug-likeness (QED) is 0.734. The minimum absolute atomic E-state index is 0.232. The van der Waals surface area contributed by atoms with Gasteiger partial charge in [-0.1, -0.05) is 26.8 Å². The lowest BCUT2D eigenvalue weighted by molar-refractivity contribution is 0.00717. The van der Waals surface area contributed by atoms with Gasteiger partial charge in [0.2, 0.25) is 0 Å². The van der Waals surface area contributed by atoms with Crippen molar-refractivity contribution in [2.75, 3.05) is 0 Å². The van der Waals surface area contributed by atoms with Crippen LogP contribution in [0.15, 0.2) is 24.3 Å². The van der Waals surface area contributed by atoms with Gasteiger partial charge in [0.05, 0.1) is 6.10 Å². The average molecular weight is 222 g/mol. The van der Waals surface area contributed by atoms with E-state index in [0.29, 0.717) is 11.2 Å². The molecule has 0 radical (unpaired) electrons. The SMILES string of the molecule is CC(C)(C)C1CC(Oc2cccc(F)c2)C1. The first-order valence-corrected chi connectivity index (χ1v) is 5.87. The Hall–Kier alpha value is -1.05. The third kappa shape index (κ3) is 2.55. The largest absolute Gasteiger partial charge is 0.490 e. The van der Waals surface area contributed by atoms with Gasteiger partial charge in [0.25, 0.3) is 0 Å². The summed E-state index contributed by atoms with van der Waals surface area (Å²) in [7, 11) is 0. The molecule has 88 valence electrons. The molecule has 1 saturated carbocycles. The van der Waals surface area contributed by atoms with E-state index in [1.165, 1.54) is 12.1 Å². The highest BCUT2D eigenvalue weighted by Crippen LogP contribution is 2.42. The summed E-state index contributed by atoms with van der Waals surface area (Å²) >= 11 is 0. The lowest BCUT2D eigenvalue weighted by Gasteiger charge is -2.43. The molecule has 1 aromatic carbocycles. The summed E-state index contributed by atoms with van der Waals surface area (Å²) < 4.78 is 18.6. The molecule has 0 atom stereocenters. The molecule has 2 heteroatoms. The minimum Gasteiger partial charge on any atom is -0.490 e. The predicted octanol–water partition coefficient (Wildman–Crippen LogP) is 4.03. The van der Waals surface area contributed by atoms with Crippen molar-refractivity contribution < 1.29 is 9.13 Å².